The van der Waals surface area contributed by atoms with Gasteiger partial charge in [0.15, 0.2) is 11.5 Å². The van der Waals surface area contributed by atoms with Crippen LogP contribution < -0.4 is 24.3 Å². The lowest BCUT2D eigenvalue weighted by molar-refractivity contribution is -0.203. The van der Waals surface area contributed by atoms with Gasteiger partial charge in [0.1, 0.15) is 37.9 Å². The molecule has 0 bridgehead atoms. The maximum absolute atomic E-state index is 13.4. The van der Waals surface area contributed by atoms with E-state index in [9.17, 15) is 14.7 Å². The minimum Gasteiger partial charge on any atom is -0.490 e. The van der Waals surface area contributed by atoms with E-state index in [1.165, 1.54) is 0 Å². The number of esters is 2. The second kappa shape index (κ2) is 17.0. The van der Waals surface area contributed by atoms with Gasteiger partial charge in [-0.05, 0) is 85.1 Å². The van der Waals surface area contributed by atoms with Crippen molar-refractivity contribution >= 4 is 46.7 Å². The molecule has 4 aromatic rings. The van der Waals surface area contributed by atoms with E-state index >= 15 is 0 Å². The van der Waals surface area contributed by atoms with E-state index in [0.29, 0.717) is 45.1 Å². The van der Waals surface area contributed by atoms with Crippen molar-refractivity contribution in [3.05, 3.63) is 117 Å². The third-order valence-electron chi connectivity index (χ3n) is 7.25. The second-order valence-corrected chi connectivity index (χ2v) is 12.4. The maximum Gasteiger partial charge on any atom is 0.453 e. The summed E-state index contributed by atoms with van der Waals surface area (Å²) in [6, 6.07) is 25.5. The van der Waals surface area contributed by atoms with Crippen LogP contribution in [-0.4, -0.2) is 61.8 Å². The largest absolute Gasteiger partial charge is 0.490 e. The molecule has 0 saturated heterocycles. The van der Waals surface area contributed by atoms with Crippen LogP contribution in [0.25, 0.3) is 0 Å². The number of aliphatic hydroxyl groups is 1. The molecule has 4 aromatic carbocycles. The molecule has 0 unspecified atom stereocenters. The van der Waals surface area contributed by atoms with Gasteiger partial charge in [-0.2, -0.15) is 0 Å². The number of aliphatic hydroxyl groups excluding tert-OH is 1. The van der Waals surface area contributed by atoms with Gasteiger partial charge in [-0.15, -0.1) is 0 Å². The average molecular weight is 731 g/mol. The third-order valence-corrected chi connectivity index (χ3v) is 7.96. The summed E-state index contributed by atoms with van der Waals surface area (Å²) in [7, 11) is 0. The molecule has 258 valence electrons. The molecule has 1 aliphatic heterocycles. The van der Waals surface area contributed by atoms with Crippen molar-refractivity contribution in [3.8, 4) is 23.0 Å². The fourth-order valence-electron chi connectivity index (χ4n) is 4.89. The Morgan fingerprint density at radius 3 is 1.86 bits per heavy atom. The number of fused-ring (bicyclic) bond motifs is 1. The van der Waals surface area contributed by atoms with E-state index in [0.717, 1.165) is 5.56 Å². The standard InChI is InChI=1S/C36H34Cl3NO9/c1-23(40-22-31(41)25-5-2-6-26(37)19-25)17-24-11-12-32-33(18-24)49-36(48-32,34(42)46-15-13-44-29-9-3-7-27(38)20-29)35(43)47-16-14-45-30-10-4-8-28(39)21-30/h2-12,18-21,23,31,40-41H,13-17,22H2,1H3/t23-,31+/m1/s1. The minimum atomic E-state index is -2.56. The molecule has 5 rings (SSSR count). The Morgan fingerprint density at radius 1 is 0.735 bits per heavy atom. The predicted molar refractivity (Wildman–Crippen MR) is 184 cm³/mol. The molecular weight excluding hydrogens is 697 g/mol. The SMILES string of the molecule is C[C@H](Cc1ccc2c(c1)OC(C(=O)OCCOc1cccc(Cl)c1)(C(=O)OCCOc1cccc(Cl)c1)O2)NC[C@H](O)c1cccc(Cl)c1. The highest BCUT2D eigenvalue weighted by Gasteiger charge is 2.60. The molecule has 0 amide bonds. The van der Waals surface area contributed by atoms with Gasteiger partial charge in [-0.3, -0.25) is 0 Å². The number of hydrogen-bond donors (Lipinski definition) is 2. The van der Waals surface area contributed by atoms with Crippen LogP contribution in [0.3, 0.4) is 0 Å². The number of halogens is 3. The Bertz CT molecular complexity index is 1690. The molecule has 0 aliphatic carbocycles. The van der Waals surface area contributed by atoms with E-state index in [2.05, 4.69) is 5.32 Å². The first-order valence-corrected chi connectivity index (χ1v) is 16.5. The van der Waals surface area contributed by atoms with Gasteiger partial charge in [-0.1, -0.05) is 65.1 Å². The van der Waals surface area contributed by atoms with Crippen molar-refractivity contribution < 1.29 is 43.1 Å². The lowest BCUT2D eigenvalue weighted by atomic mass is 10.1. The molecule has 13 heteroatoms. The monoisotopic (exact) mass is 729 g/mol. The number of nitrogens with one attached hydrogen (secondary N) is 1. The van der Waals surface area contributed by atoms with E-state index < -0.39 is 23.8 Å². The molecule has 0 fully saturated rings. The fraction of sp³-hybridized carbons (Fsp3) is 0.278. The van der Waals surface area contributed by atoms with E-state index in [1.54, 1.807) is 84.9 Å². The normalized spacial score (nSPS) is 14.1. The molecule has 1 aliphatic rings. The van der Waals surface area contributed by atoms with E-state index in [4.69, 9.17) is 63.2 Å². The molecule has 1 heterocycles. The number of carbonyl (C=O) groups excluding carboxylic acids is 2. The summed E-state index contributed by atoms with van der Waals surface area (Å²) in [5.74, 6) is -3.53. The van der Waals surface area contributed by atoms with Crippen molar-refractivity contribution in [2.24, 2.45) is 0 Å². The summed E-state index contributed by atoms with van der Waals surface area (Å²) in [5.41, 5.74) is 1.53. The molecule has 0 aromatic heterocycles. The van der Waals surface area contributed by atoms with E-state index in [-0.39, 0.29) is 44.0 Å². The molecular formula is C36H34Cl3NO9. The van der Waals surface area contributed by atoms with Crippen molar-refractivity contribution in [3.63, 3.8) is 0 Å². The third kappa shape index (κ3) is 9.93. The van der Waals surface area contributed by atoms with Gasteiger partial charge < -0.3 is 38.8 Å². The van der Waals surface area contributed by atoms with Gasteiger partial charge >= 0.3 is 17.7 Å². The number of hydrogen-bond acceptors (Lipinski definition) is 10. The molecule has 2 atom stereocenters. The highest BCUT2D eigenvalue weighted by atomic mass is 35.5. The fourth-order valence-corrected chi connectivity index (χ4v) is 5.44. The predicted octanol–water partition coefficient (Wildman–Crippen LogP) is 6.61. The average Bonchev–Trinajstić information content (AvgIpc) is 3.48. The zero-order valence-electron chi connectivity index (χ0n) is 26.4. The van der Waals surface area contributed by atoms with Gasteiger partial charge in [0, 0.05) is 27.7 Å². The Kier molecular flexibility index (Phi) is 12.5. The topological polar surface area (TPSA) is 122 Å². The summed E-state index contributed by atoms with van der Waals surface area (Å²) in [5, 5.41) is 15.4. The van der Waals surface area contributed by atoms with Gasteiger partial charge in [-0.25, -0.2) is 9.59 Å². The maximum atomic E-state index is 13.4. The van der Waals surface area contributed by atoms with Crippen LogP contribution >= 0.6 is 34.8 Å². The molecule has 0 radical (unpaired) electrons. The zero-order chi connectivity index (χ0) is 34.8. The van der Waals surface area contributed by atoms with E-state index in [1.807, 2.05) is 13.0 Å². The first kappa shape index (κ1) is 36.1. The number of carbonyl (C=O) groups is 2. The van der Waals surface area contributed by atoms with Crippen LogP contribution in [-0.2, 0) is 25.5 Å². The second-order valence-electron chi connectivity index (χ2n) is 11.1. The van der Waals surface area contributed by atoms with Crippen molar-refractivity contribution in [1.82, 2.24) is 5.32 Å². The molecule has 2 N–H and O–H groups in total. The van der Waals surface area contributed by atoms with Gasteiger partial charge in [0.25, 0.3) is 0 Å². The van der Waals surface area contributed by atoms with Gasteiger partial charge in [0.2, 0.25) is 0 Å². The highest BCUT2D eigenvalue weighted by Crippen LogP contribution is 2.41. The Morgan fingerprint density at radius 2 is 1.29 bits per heavy atom. The lowest BCUT2D eigenvalue weighted by Crippen LogP contribution is -2.56. The van der Waals surface area contributed by atoms with Crippen LogP contribution in [0.5, 0.6) is 23.0 Å². The van der Waals surface area contributed by atoms with Crippen LogP contribution in [0, 0.1) is 0 Å². The Hall–Kier alpha value is -4.19. The number of benzene rings is 4. The minimum absolute atomic E-state index is 0.0291. The number of ether oxygens (including phenoxy) is 6. The Labute approximate surface area is 298 Å². The molecule has 10 nitrogen and oxygen atoms in total. The quantitative estimate of drug-likeness (QED) is 0.0740. The zero-order valence-corrected chi connectivity index (χ0v) is 28.7. The summed E-state index contributed by atoms with van der Waals surface area (Å²) in [6.45, 7) is 1.76. The van der Waals surface area contributed by atoms with Crippen molar-refractivity contribution in [1.29, 1.82) is 0 Å². The first-order valence-electron chi connectivity index (χ1n) is 15.4. The highest BCUT2D eigenvalue weighted by molar-refractivity contribution is 6.31. The summed E-state index contributed by atoms with van der Waals surface area (Å²) in [6.07, 6.45) is -0.218. The lowest BCUT2D eigenvalue weighted by Gasteiger charge is -2.23. The van der Waals surface area contributed by atoms with Crippen LogP contribution in [0.2, 0.25) is 15.1 Å². The van der Waals surface area contributed by atoms with Crippen LogP contribution in [0.1, 0.15) is 24.2 Å². The van der Waals surface area contributed by atoms with Crippen molar-refractivity contribution in [2.75, 3.05) is 33.0 Å². The van der Waals surface area contributed by atoms with Crippen LogP contribution in [0.4, 0.5) is 0 Å². The summed E-state index contributed by atoms with van der Waals surface area (Å²) < 4.78 is 33.7. The summed E-state index contributed by atoms with van der Waals surface area (Å²) >= 11 is 18.0. The number of rotatable bonds is 16. The smallest absolute Gasteiger partial charge is 0.453 e. The molecule has 0 spiro atoms. The molecule has 49 heavy (non-hydrogen) atoms. The first-order chi connectivity index (χ1) is 23.6. The van der Waals surface area contributed by atoms with Gasteiger partial charge in [0.05, 0.1) is 6.10 Å². The van der Waals surface area contributed by atoms with Crippen molar-refractivity contribution in [2.45, 2.75) is 31.3 Å². The van der Waals surface area contributed by atoms with Crippen LogP contribution in [0.15, 0.2) is 91.0 Å². The molecule has 0 saturated carbocycles. The Balaban J connectivity index is 1.21. The summed E-state index contributed by atoms with van der Waals surface area (Å²) in [4.78, 5) is 26.9.